The van der Waals surface area contributed by atoms with Gasteiger partial charge in [-0.05, 0) is 48.9 Å². The highest BCUT2D eigenvalue weighted by atomic mass is 35.5. The van der Waals surface area contributed by atoms with E-state index in [2.05, 4.69) is 11.6 Å². The van der Waals surface area contributed by atoms with E-state index in [1.54, 1.807) is 30.5 Å². The fourth-order valence-corrected chi connectivity index (χ4v) is 2.41. The van der Waals surface area contributed by atoms with E-state index in [4.69, 9.17) is 27.9 Å². The van der Waals surface area contributed by atoms with Gasteiger partial charge in [-0.15, -0.1) is 0 Å². The molecule has 5 heteroatoms. The number of benzene rings is 2. The van der Waals surface area contributed by atoms with E-state index in [0.717, 1.165) is 12.1 Å². The normalized spacial score (nSPS) is 11.6. The quantitative estimate of drug-likeness (QED) is 0.354. The van der Waals surface area contributed by atoms with Crippen LogP contribution in [0.3, 0.4) is 0 Å². The average molecular weight is 375 g/mol. The second-order valence-corrected chi connectivity index (χ2v) is 6.06. The maximum atomic E-state index is 6.04. The molecule has 2 aromatic rings. The molecule has 0 aliphatic heterocycles. The molecule has 0 amide bonds. The van der Waals surface area contributed by atoms with Crippen LogP contribution in [0, 0.1) is 0 Å². The van der Waals surface area contributed by atoms with E-state index >= 15 is 0 Å². The van der Waals surface area contributed by atoms with Gasteiger partial charge in [0.2, 0.25) is 0 Å². The van der Waals surface area contributed by atoms with Gasteiger partial charge in [-0.3, -0.25) is 0 Å². The third kappa shape index (κ3) is 6.29. The summed E-state index contributed by atoms with van der Waals surface area (Å²) in [4.78, 5) is 6.45. The van der Waals surface area contributed by atoms with Crippen LogP contribution >= 0.6 is 23.2 Å². The SMILES string of the molecule is C=C/C=C/N=C(/Oc1cccc(Cl)c1)N(CC)Cc1ccc(Cl)cc1. The Kier molecular flexibility index (Phi) is 7.58. The summed E-state index contributed by atoms with van der Waals surface area (Å²) in [7, 11) is 0. The molecule has 0 radical (unpaired) electrons. The van der Waals surface area contributed by atoms with E-state index in [1.807, 2.05) is 48.2 Å². The van der Waals surface area contributed by atoms with Crippen LogP contribution in [0.25, 0.3) is 0 Å². The van der Waals surface area contributed by atoms with Gasteiger partial charge in [0, 0.05) is 29.3 Å². The van der Waals surface area contributed by atoms with Crippen LogP contribution in [0.5, 0.6) is 5.75 Å². The first-order valence-electron chi connectivity index (χ1n) is 7.90. The van der Waals surface area contributed by atoms with Crippen LogP contribution in [0.15, 0.2) is 78.5 Å². The molecule has 25 heavy (non-hydrogen) atoms. The lowest BCUT2D eigenvalue weighted by atomic mass is 10.2. The Hall–Kier alpha value is -2.23. The van der Waals surface area contributed by atoms with Gasteiger partial charge in [0.25, 0.3) is 6.02 Å². The van der Waals surface area contributed by atoms with E-state index in [9.17, 15) is 0 Å². The van der Waals surface area contributed by atoms with E-state index in [0.29, 0.717) is 28.4 Å². The molecule has 0 atom stereocenters. The van der Waals surface area contributed by atoms with Crippen LogP contribution in [0.4, 0.5) is 0 Å². The maximum absolute atomic E-state index is 6.04. The number of ether oxygens (including phenoxy) is 1. The summed E-state index contributed by atoms with van der Waals surface area (Å²) in [6, 6.07) is 15.4. The number of hydrogen-bond donors (Lipinski definition) is 0. The molecule has 130 valence electrons. The molecule has 0 aliphatic carbocycles. The van der Waals surface area contributed by atoms with Crippen LogP contribution in [-0.2, 0) is 6.54 Å². The summed E-state index contributed by atoms with van der Waals surface area (Å²) in [6.07, 6.45) is 5.06. The van der Waals surface area contributed by atoms with E-state index in [1.165, 1.54) is 0 Å². The molecule has 2 rings (SSSR count). The van der Waals surface area contributed by atoms with Crippen molar-refractivity contribution in [1.82, 2.24) is 4.90 Å². The minimum absolute atomic E-state index is 0.484. The summed E-state index contributed by atoms with van der Waals surface area (Å²) in [5.41, 5.74) is 1.11. The molecular formula is C20H20Cl2N2O. The highest BCUT2D eigenvalue weighted by Crippen LogP contribution is 2.19. The van der Waals surface area contributed by atoms with Crippen molar-refractivity contribution in [2.75, 3.05) is 6.54 Å². The second-order valence-electron chi connectivity index (χ2n) is 5.19. The Morgan fingerprint density at radius 2 is 1.92 bits per heavy atom. The molecule has 0 aliphatic rings. The van der Waals surface area contributed by atoms with Crippen LogP contribution in [-0.4, -0.2) is 17.5 Å². The molecule has 0 bridgehead atoms. The standard InChI is InChI=1S/C20H20Cl2N2O/c1-3-5-13-23-20(25-19-8-6-7-18(22)14-19)24(4-2)15-16-9-11-17(21)12-10-16/h3,5-14H,1,4,15H2,2H3/b13-5+,23-20+. The van der Waals surface area contributed by atoms with Gasteiger partial charge in [0.15, 0.2) is 0 Å². The van der Waals surface area contributed by atoms with Gasteiger partial charge in [0.1, 0.15) is 5.75 Å². The highest BCUT2D eigenvalue weighted by Gasteiger charge is 2.13. The fraction of sp³-hybridized carbons (Fsp3) is 0.150. The molecule has 2 aromatic carbocycles. The van der Waals surface area contributed by atoms with Crippen molar-refractivity contribution in [1.29, 1.82) is 0 Å². The highest BCUT2D eigenvalue weighted by molar-refractivity contribution is 6.30. The predicted octanol–water partition coefficient (Wildman–Crippen LogP) is 5.95. The van der Waals surface area contributed by atoms with Gasteiger partial charge in [-0.25, -0.2) is 4.99 Å². The van der Waals surface area contributed by atoms with Crippen molar-refractivity contribution in [3.63, 3.8) is 0 Å². The summed E-state index contributed by atoms with van der Waals surface area (Å²) in [5.74, 6) is 0.632. The molecule has 0 aromatic heterocycles. The van der Waals surface area contributed by atoms with Crippen LogP contribution in [0.1, 0.15) is 12.5 Å². The first-order chi connectivity index (χ1) is 12.1. The molecule has 0 N–H and O–H groups in total. The number of rotatable bonds is 6. The minimum Gasteiger partial charge on any atom is -0.426 e. The van der Waals surface area contributed by atoms with E-state index < -0.39 is 0 Å². The van der Waals surface area contributed by atoms with Crippen LogP contribution < -0.4 is 4.74 Å². The molecule has 0 spiro atoms. The second kappa shape index (κ2) is 9.92. The number of amidine groups is 1. The number of hydrogen-bond acceptors (Lipinski definition) is 2. The summed E-state index contributed by atoms with van der Waals surface area (Å²) >= 11 is 12.0. The first-order valence-corrected chi connectivity index (χ1v) is 8.66. The molecule has 0 heterocycles. The Labute approximate surface area is 158 Å². The van der Waals surface area contributed by atoms with E-state index in [-0.39, 0.29) is 0 Å². The lowest BCUT2D eigenvalue weighted by Crippen LogP contribution is -2.34. The van der Waals surface area contributed by atoms with Gasteiger partial charge in [-0.2, -0.15) is 0 Å². The first kappa shape index (κ1) is 19.1. The molecule has 0 fully saturated rings. The van der Waals surface area contributed by atoms with Crippen molar-refractivity contribution in [3.05, 3.63) is 89.1 Å². The lowest BCUT2D eigenvalue weighted by molar-refractivity contribution is 0.345. The van der Waals surface area contributed by atoms with Crippen molar-refractivity contribution in [2.24, 2.45) is 4.99 Å². The molecule has 3 nitrogen and oxygen atoms in total. The number of allylic oxidation sites excluding steroid dienone is 2. The van der Waals surface area contributed by atoms with Crippen molar-refractivity contribution >= 4 is 29.2 Å². The minimum atomic E-state index is 0.484. The third-order valence-corrected chi connectivity index (χ3v) is 3.84. The topological polar surface area (TPSA) is 24.8 Å². The van der Waals surface area contributed by atoms with Gasteiger partial charge in [0.05, 0.1) is 0 Å². The smallest absolute Gasteiger partial charge is 0.297 e. The maximum Gasteiger partial charge on any atom is 0.297 e. The lowest BCUT2D eigenvalue weighted by Gasteiger charge is -2.24. The Balaban J connectivity index is 2.24. The zero-order valence-electron chi connectivity index (χ0n) is 14.0. The summed E-state index contributed by atoms with van der Waals surface area (Å²) < 4.78 is 5.97. The van der Waals surface area contributed by atoms with Gasteiger partial charge in [-0.1, -0.05) is 54.1 Å². The molecule has 0 saturated carbocycles. The molecule has 0 unspecified atom stereocenters. The van der Waals surface area contributed by atoms with Gasteiger partial charge < -0.3 is 9.64 Å². The van der Waals surface area contributed by atoms with Crippen molar-refractivity contribution in [3.8, 4) is 5.75 Å². The third-order valence-electron chi connectivity index (χ3n) is 3.35. The molecule has 0 saturated heterocycles. The fourth-order valence-electron chi connectivity index (χ4n) is 2.10. The number of halogens is 2. The number of nitrogens with zero attached hydrogens (tertiary/aromatic N) is 2. The predicted molar refractivity (Wildman–Crippen MR) is 106 cm³/mol. The van der Waals surface area contributed by atoms with Crippen LogP contribution in [0.2, 0.25) is 10.0 Å². The van der Waals surface area contributed by atoms with Gasteiger partial charge >= 0.3 is 0 Å². The monoisotopic (exact) mass is 374 g/mol. The van der Waals surface area contributed by atoms with Crippen molar-refractivity contribution in [2.45, 2.75) is 13.5 Å². The average Bonchev–Trinajstić information content (AvgIpc) is 2.61. The summed E-state index contributed by atoms with van der Waals surface area (Å²) in [6.45, 7) is 7.07. The van der Waals surface area contributed by atoms with Crippen molar-refractivity contribution < 1.29 is 4.74 Å². The largest absolute Gasteiger partial charge is 0.426 e. The Morgan fingerprint density at radius 1 is 1.16 bits per heavy atom. The Morgan fingerprint density at radius 3 is 2.56 bits per heavy atom. The summed E-state index contributed by atoms with van der Waals surface area (Å²) in [5, 5.41) is 1.32. The zero-order valence-corrected chi connectivity index (χ0v) is 15.5. The number of aliphatic imine (C=N–C) groups is 1. The Bertz CT molecular complexity index is 755. The molecular weight excluding hydrogens is 355 g/mol. The zero-order chi connectivity index (χ0) is 18.1.